The summed E-state index contributed by atoms with van der Waals surface area (Å²) in [6, 6.07) is 16.2. The lowest BCUT2D eigenvalue weighted by molar-refractivity contribution is -0.139. The minimum Gasteiger partial charge on any atom is -0.381 e. The van der Waals surface area contributed by atoms with Crippen molar-refractivity contribution in [2.24, 2.45) is 0 Å². The second-order valence-electron chi connectivity index (χ2n) is 10.6. The van der Waals surface area contributed by atoms with Crippen LogP contribution in [-0.2, 0) is 21.5 Å². The number of hydrogen-bond donors (Lipinski definition) is 1. The summed E-state index contributed by atoms with van der Waals surface area (Å²) in [7, 11) is 0. The van der Waals surface area contributed by atoms with Crippen LogP contribution in [0.15, 0.2) is 54.7 Å². The van der Waals surface area contributed by atoms with Crippen molar-refractivity contribution in [3.63, 3.8) is 0 Å². The Balaban J connectivity index is 1.13. The molecular formula is C29H30ClN5O3. The summed E-state index contributed by atoms with van der Waals surface area (Å²) in [6.07, 6.45) is 3.38. The number of carbonyl (C=O) groups is 2. The summed E-state index contributed by atoms with van der Waals surface area (Å²) in [5.74, 6) is 0.335. The van der Waals surface area contributed by atoms with Gasteiger partial charge in [0.25, 0.3) is 5.91 Å². The molecule has 2 aromatic carbocycles. The SMILES string of the molecule is CC1(c2ccccc2)CN(C(=O)CN2Cc3ccc(-c4nc(NC5CCOCC5)ncc4Cl)cc3C2=O)C1. The molecule has 3 aliphatic rings. The first-order chi connectivity index (χ1) is 18.4. The lowest BCUT2D eigenvalue weighted by atomic mass is 9.75. The van der Waals surface area contributed by atoms with Crippen LogP contribution in [0, 0.1) is 0 Å². The highest BCUT2D eigenvalue weighted by Crippen LogP contribution is 2.35. The van der Waals surface area contributed by atoms with Gasteiger partial charge in [-0.25, -0.2) is 9.97 Å². The average Bonchev–Trinajstić information content (AvgIpc) is 3.23. The van der Waals surface area contributed by atoms with Crippen LogP contribution < -0.4 is 5.32 Å². The zero-order valence-corrected chi connectivity index (χ0v) is 22.1. The van der Waals surface area contributed by atoms with E-state index in [0.29, 0.717) is 55.1 Å². The van der Waals surface area contributed by atoms with Gasteiger partial charge < -0.3 is 19.9 Å². The van der Waals surface area contributed by atoms with Gasteiger partial charge in [-0.2, -0.15) is 0 Å². The molecule has 0 bridgehead atoms. The van der Waals surface area contributed by atoms with Crippen LogP contribution in [-0.4, -0.2) is 70.5 Å². The van der Waals surface area contributed by atoms with Crippen molar-refractivity contribution in [2.45, 2.75) is 37.8 Å². The standard InChI is InChI=1S/C29H30ClN5O3/c1-29(21-5-3-2-4-6-21)17-35(18-29)25(36)16-34-15-20-8-7-19(13-23(20)27(34)37)26-24(30)14-31-28(33-26)32-22-9-11-38-12-10-22/h2-8,13-14,22H,9-12,15-18H2,1H3,(H,31,32,33). The number of nitrogens with one attached hydrogen (secondary N) is 1. The monoisotopic (exact) mass is 531 g/mol. The van der Waals surface area contributed by atoms with Crippen molar-refractivity contribution in [3.05, 3.63) is 76.4 Å². The van der Waals surface area contributed by atoms with E-state index < -0.39 is 0 Å². The maximum absolute atomic E-state index is 13.3. The molecule has 196 valence electrons. The topological polar surface area (TPSA) is 87.7 Å². The molecule has 4 heterocycles. The Kier molecular flexibility index (Phi) is 6.53. The zero-order chi connectivity index (χ0) is 26.3. The first-order valence-corrected chi connectivity index (χ1v) is 13.4. The lowest BCUT2D eigenvalue weighted by Gasteiger charge is -2.48. The van der Waals surface area contributed by atoms with Crippen LogP contribution in [0.5, 0.6) is 0 Å². The highest BCUT2D eigenvalue weighted by Gasteiger charge is 2.43. The maximum atomic E-state index is 13.3. The molecule has 1 aromatic heterocycles. The van der Waals surface area contributed by atoms with Gasteiger partial charge in [0.05, 0.1) is 16.9 Å². The number of likely N-dealkylation sites (tertiary alicyclic amines) is 1. The summed E-state index contributed by atoms with van der Waals surface area (Å²) in [5, 5.41) is 3.78. The maximum Gasteiger partial charge on any atom is 0.254 e. The number of halogens is 1. The molecule has 0 radical (unpaired) electrons. The van der Waals surface area contributed by atoms with E-state index >= 15 is 0 Å². The number of ether oxygens (including phenoxy) is 1. The number of hydrogen-bond acceptors (Lipinski definition) is 6. The third kappa shape index (κ3) is 4.74. The molecule has 1 N–H and O–H groups in total. The minimum absolute atomic E-state index is 0.0255. The van der Waals surface area contributed by atoms with E-state index in [9.17, 15) is 9.59 Å². The highest BCUT2D eigenvalue weighted by molar-refractivity contribution is 6.33. The average molecular weight is 532 g/mol. The second-order valence-corrected chi connectivity index (χ2v) is 11.0. The molecule has 8 nitrogen and oxygen atoms in total. The van der Waals surface area contributed by atoms with Gasteiger partial charge >= 0.3 is 0 Å². The third-order valence-corrected chi connectivity index (χ3v) is 8.07. The van der Waals surface area contributed by atoms with Crippen molar-refractivity contribution in [1.82, 2.24) is 19.8 Å². The smallest absolute Gasteiger partial charge is 0.254 e. The fourth-order valence-corrected chi connectivity index (χ4v) is 5.76. The first-order valence-electron chi connectivity index (χ1n) is 13.0. The normalized spacial score (nSPS) is 18.7. The molecule has 0 unspecified atom stereocenters. The largest absolute Gasteiger partial charge is 0.381 e. The Hall–Kier alpha value is -3.49. The summed E-state index contributed by atoms with van der Waals surface area (Å²) >= 11 is 6.46. The van der Waals surface area contributed by atoms with Gasteiger partial charge in [0.1, 0.15) is 6.54 Å². The summed E-state index contributed by atoms with van der Waals surface area (Å²) in [6.45, 7) is 5.41. The van der Waals surface area contributed by atoms with Crippen molar-refractivity contribution in [1.29, 1.82) is 0 Å². The molecule has 6 rings (SSSR count). The molecule has 2 fully saturated rings. The molecule has 9 heteroatoms. The Morgan fingerprint density at radius 2 is 1.92 bits per heavy atom. The molecule has 0 spiro atoms. The zero-order valence-electron chi connectivity index (χ0n) is 21.3. The molecule has 3 aromatic rings. The van der Waals surface area contributed by atoms with Crippen LogP contribution in [0.4, 0.5) is 5.95 Å². The van der Waals surface area contributed by atoms with Crippen LogP contribution in [0.25, 0.3) is 11.3 Å². The Bertz CT molecular complexity index is 1370. The van der Waals surface area contributed by atoms with Crippen LogP contribution in [0.3, 0.4) is 0 Å². The van der Waals surface area contributed by atoms with Gasteiger partial charge in [0.2, 0.25) is 11.9 Å². The van der Waals surface area contributed by atoms with Crippen LogP contribution >= 0.6 is 11.6 Å². The quantitative estimate of drug-likeness (QED) is 0.514. The highest BCUT2D eigenvalue weighted by atomic mass is 35.5. The number of anilines is 1. The van der Waals surface area contributed by atoms with Crippen LogP contribution in [0.1, 0.15) is 41.3 Å². The van der Waals surface area contributed by atoms with E-state index in [2.05, 4.69) is 34.3 Å². The number of benzene rings is 2. The summed E-state index contributed by atoms with van der Waals surface area (Å²) in [5.41, 5.74) is 3.99. The molecule has 0 atom stereocenters. The minimum atomic E-state index is -0.146. The van der Waals surface area contributed by atoms with Gasteiger partial charge in [-0.3, -0.25) is 9.59 Å². The van der Waals surface area contributed by atoms with E-state index in [0.717, 1.165) is 24.0 Å². The summed E-state index contributed by atoms with van der Waals surface area (Å²) < 4.78 is 5.42. The third-order valence-electron chi connectivity index (χ3n) is 7.79. The first kappa shape index (κ1) is 24.8. The lowest BCUT2D eigenvalue weighted by Crippen LogP contribution is -2.61. The van der Waals surface area contributed by atoms with Gasteiger partial charge in [-0.15, -0.1) is 0 Å². The number of rotatable bonds is 6. The van der Waals surface area contributed by atoms with Crippen molar-refractivity contribution >= 4 is 29.4 Å². The van der Waals surface area contributed by atoms with E-state index in [1.54, 1.807) is 11.1 Å². The molecule has 2 saturated heterocycles. The van der Waals surface area contributed by atoms with Gasteiger partial charge in [0.15, 0.2) is 0 Å². The number of aromatic nitrogens is 2. The van der Waals surface area contributed by atoms with Gasteiger partial charge in [-0.05, 0) is 30.0 Å². The van der Waals surface area contributed by atoms with E-state index in [1.165, 1.54) is 5.56 Å². The molecule has 3 aliphatic heterocycles. The fraction of sp³-hybridized carbons (Fsp3) is 0.379. The van der Waals surface area contributed by atoms with Crippen molar-refractivity contribution in [2.75, 3.05) is 38.2 Å². The Morgan fingerprint density at radius 1 is 1.16 bits per heavy atom. The summed E-state index contributed by atoms with van der Waals surface area (Å²) in [4.78, 5) is 38.7. The molecule has 38 heavy (non-hydrogen) atoms. The van der Waals surface area contributed by atoms with E-state index in [-0.39, 0.29) is 29.8 Å². The fourth-order valence-electron chi connectivity index (χ4n) is 5.56. The number of amides is 2. The molecule has 0 saturated carbocycles. The number of fused-ring (bicyclic) bond motifs is 1. The van der Waals surface area contributed by atoms with E-state index in [4.69, 9.17) is 16.3 Å². The predicted molar refractivity (Wildman–Crippen MR) is 145 cm³/mol. The van der Waals surface area contributed by atoms with Crippen molar-refractivity contribution in [3.8, 4) is 11.3 Å². The molecule has 0 aliphatic carbocycles. The number of carbonyl (C=O) groups excluding carboxylic acids is 2. The second kappa shape index (κ2) is 10.0. The number of nitrogens with zero attached hydrogens (tertiary/aromatic N) is 4. The van der Waals surface area contributed by atoms with Crippen molar-refractivity contribution < 1.29 is 14.3 Å². The van der Waals surface area contributed by atoms with E-state index in [1.807, 2.05) is 41.3 Å². The van der Waals surface area contributed by atoms with Crippen LogP contribution in [0.2, 0.25) is 5.02 Å². The van der Waals surface area contributed by atoms with Gasteiger partial charge in [-0.1, -0.05) is 61.0 Å². The molecule has 2 amide bonds. The Morgan fingerprint density at radius 3 is 2.68 bits per heavy atom. The Labute approximate surface area is 227 Å². The predicted octanol–water partition coefficient (Wildman–Crippen LogP) is 4.14. The van der Waals surface area contributed by atoms with Gasteiger partial charge in [0, 0.05) is 55.4 Å². The molecular weight excluding hydrogens is 502 g/mol.